The van der Waals surface area contributed by atoms with Crippen LogP contribution in [0.5, 0.6) is 0 Å². The van der Waals surface area contributed by atoms with Crippen molar-refractivity contribution in [2.75, 3.05) is 0 Å². The zero-order chi connectivity index (χ0) is 13.1. The summed E-state index contributed by atoms with van der Waals surface area (Å²) in [6.45, 7) is 6.88. The fourth-order valence-corrected chi connectivity index (χ4v) is 1.74. The molecule has 0 aliphatic heterocycles. The van der Waals surface area contributed by atoms with E-state index in [0.29, 0.717) is 18.3 Å². The van der Waals surface area contributed by atoms with Crippen LogP contribution in [0.25, 0.3) is 5.82 Å². The van der Waals surface area contributed by atoms with Crippen LogP contribution in [0.1, 0.15) is 38.7 Å². The van der Waals surface area contributed by atoms with Gasteiger partial charge < -0.3 is 0 Å². The van der Waals surface area contributed by atoms with Crippen molar-refractivity contribution in [2.24, 2.45) is 0 Å². The van der Waals surface area contributed by atoms with Gasteiger partial charge >= 0.3 is 5.69 Å². The first-order valence-electron chi connectivity index (χ1n) is 6.24. The summed E-state index contributed by atoms with van der Waals surface area (Å²) < 4.78 is 2.93. The maximum atomic E-state index is 12.0. The Morgan fingerprint density at radius 3 is 2.67 bits per heavy atom. The van der Waals surface area contributed by atoms with E-state index in [9.17, 15) is 4.79 Å². The minimum absolute atomic E-state index is 0.137. The van der Waals surface area contributed by atoms with Gasteiger partial charge in [0.25, 0.3) is 0 Å². The largest absolute Gasteiger partial charge is 0.351 e. The fraction of sp³-hybridized carbons (Fsp3) is 0.462. The fourth-order valence-electron chi connectivity index (χ4n) is 1.74. The third kappa shape index (κ3) is 2.34. The van der Waals surface area contributed by atoms with Crippen molar-refractivity contribution < 1.29 is 0 Å². The summed E-state index contributed by atoms with van der Waals surface area (Å²) in [7, 11) is 0. The first kappa shape index (κ1) is 12.5. The average Bonchev–Trinajstić information content (AvgIpc) is 2.72. The van der Waals surface area contributed by atoms with Crippen LogP contribution in [0.4, 0.5) is 0 Å². The van der Waals surface area contributed by atoms with E-state index in [-0.39, 0.29) is 5.69 Å². The maximum absolute atomic E-state index is 12.0. The van der Waals surface area contributed by atoms with Crippen LogP contribution >= 0.6 is 0 Å². The number of aryl methyl sites for hydroxylation is 1. The molecule has 96 valence electrons. The predicted molar refractivity (Wildman–Crippen MR) is 70.0 cm³/mol. The van der Waals surface area contributed by atoms with Crippen LogP contribution in [-0.2, 0) is 6.54 Å². The molecule has 2 aromatic heterocycles. The molecule has 2 aromatic rings. The van der Waals surface area contributed by atoms with Gasteiger partial charge in [0.1, 0.15) is 12.1 Å². The molecule has 0 aromatic carbocycles. The highest BCUT2D eigenvalue weighted by atomic mass is 16.2. The van der Waals surface area contributed by atoms with Crippen LogP contribution in [0, 0.1) is 0 Å². The van der Waals surface area contributed by atoms with Gasteiger partial charge in [0, 0.05) is 12.7 Å². The SMILES string of the molecule is CCCn1ncn(-c2ccc(C(C)C)cn2)c1=O. The van der Waals surface area contributed by atoms with Crippen molar-refractivity contribution in [1.82, 2.24) is 19.3 Å². The zero-order valence-corrected chi connectivity index (χ0v) is 11.0. The summed E-state index contributed by atoms with van der Waals surface area (Å²) in [5.41, 5.74) is 1.02. The van der Waals surface area contributed by atoms with E-state index in [1.165, 1.54) is 15.6 Å². The number of hydrogen-bond acceptors (Lipinski definition) is 3. The molecule has 0 fully saturated rings. The standard InChI is InChI=1S/C13H18N4O/c1-4-7-17-13(18)16(9-15-17)12-6-5-11(8-14-12)10(2)3/h5-6,8-10H,4,7H2,1-3H3. The molecular weight excluding hydrogens is 228 g/mol. The summed E-state index contributed by atoms with van der Waals surface area (Å²) in [5, 5.41) is 4.07. The normalized spacial score (nSPS) is 11.1. The molecule has 2 rings (SSSR count). The topological polar surface area (TPSA) is 52.7 Å². The molecule has 0 aliphatic rings. The zero-order valence-electron chi connectivity index (χ0n) is 11.0. The van der Waals surface area contributed by atoms with Gasteiger partial charge in [-0.3, -0.25) is 0 Å². The number of pyridine rings is 1. The molecule has 0 unspecified atom stereocenters. The van der Waals surface area contributed by atoms with Gasteiger partial charge in [-0.15, -0.1) is 0 Å². The Morgan fingerprint density at radius 2 is 2.11 bits per heavy atom. The van der Waals surface area contributed by atoms with Crippen LogP contribution in [0.2, 0.25) is 0 Å². The van der Waals surface area contributed by atoms with Crippen molar-refractivity contribution in [3.05, 3.63) is 40.7 Å². The van der Waals surface area contributed by atoms with Crippen molar-refractivity contribution in [3.63, 3.8) is 0 Å². The van der Waals surface area contributed by atoms with Crippen molar-refractivity contribution in [2.45, 2.75) is 39.7 Å². The van der Waals surface area contributed by atoms with Gasteiger partial charge in [-0.2, -0.15) is 5.10 Å². The molecule has 0 N–H and O–H groups in total. The first-order chi connectivity index (χ1) is 8.63. The molecule has 0 radical (unpaired) electrons. The number of nitrogens with zero attached hydrogens (tertiary/aromatic N) is 4. The Bertz CT molecular complexity index is 565. The lowest BCUT2D eigenvalue weighted by molar-refractivity contribution is 0.577. The maximum Gasteiger partial charge on any atom is 0.351 e. The monoisotopic (exact) mass is 246 g/mol. The van der Waals surface area contributed by atoms with E-state index in [4.69, 9.17) is 0 Å². The highest BCUT2D eigenvalue weighted by Gasteiger charge is 2.07. The van der Waals surface area contributed by atoms with Crippen LogP contribution in [-0.4, -0.2) is 19.3 Å². The summed E-state index contributed by atoms with van der Waals surface area (Å²) in [6.07, 6.45) is 4.22. The van der Waals surface area contributed by atoms with Gasteiger partial charge in [0.05, 0.1) is 0 Å². The highest BCUT2D eigenvalue weighted by Crippen LogP contribution is 2.13. The summed E-state index contributed by atoms with van der Waals surface area (Å²) in [4.78, 5) is 16.3. The Balaban J connectivity index is 2.34. The average molecular weight is 246 g/mol. The highest BCUT2D eigenvalue weighted by molar-refractivity contribution is 5.26. The van der Waals surface area contributed by atoms with Crippen LogP contribution < -0.4 is 5.69 Å². The quantitative estimate of drug-likeness (QED) is 0.828. The van der Waals surface area contributed by atoms with Crippen molar-refractivity contribution in [1.29, 1.82) is 0 Å². The van der Waals surface area contributed by atoms with Crippen LogP contribution in [0.15, 0.2) is 29.5 Å². The summed E-state index contributed by atoms with van der Waals surface area (Å²) in [6, 6.07) is 3.85. The van der Waals surface area contributed by atoms with Crippen molar-refractivity contribution in [3.8, 4) is 5.82 Å². The van der Waals surface area contributed by atoms with Gasteiger partial charge in [-0.1, -0.05) is 26.8 Å². The molecule has 2 heterocycles. The van der Waals surface area contributed by atoms with Gasteiger partial charge in [-0.25, -0.2) is 19.0 Å². The Kier molecular flexibility index (Phi) is 3.60. The molecule has 0 atom stereocenters. The minimum atomic E-state index is -0.137. The second kappa shape index (κ2) is 5.16. The second-order valence-electron chi connectivity index (χ2n) is 4.61. The van der Waals surface area contributed by atoms with E-state index >= 15 is 0 Å². The molecule has 0 saturated heterocycles. The third-order valence-electron chi connectivity index (χ3n) is 2.85. The molecule has 18 heavy (non-hydrogen) atoms. The van der Waals surface area contributed by atoms with E-state index < -0.39 is 0 Å². The smallest absolute Gasteiger partial charge is 0.246 e. The Morgan fingerprint density at radius 1 is 1.33 bits per heavy atom. The van der Waals surface area contributed by atoms with Gasteiger partial charge in [-0.05, 0) is 24.0 Å². The first-order valence-corrected chi connectivity index (χ1v) is 6.24. The summed E-state index contributed by atoms with van der Waals surface area (Å²) in [5.74, 6) is 1.05. The van der Waals surface area contributed by atoms with Crippen LogP contribution in [0.3, 0.4) is 0 Å². The molecule has 5 heteroatoms. The second-order valence-corrected chi connectivity index (χ2v) is 4.61. The minimum Gasteiger partial charge on any atom is -0.246 e. The van der Waals surface area contributed by atoms with E-state index in [1.54, 1.807) is 0 Å². The molecule has 5 nitrogen and oxygen atoms in total. The van der Waals surface area contributed by atoms with Gasteiger partial charge in [0.15, 0.2) is 0 Å². The van der Waals surface area contributed by atoms with E-state index in [2.05, 4.69) is 23.9 Å². The van der Waals surface area contributed by atoms with Gasteiger partial charge in [0.2, 0.25) is 0 Å². The lowest BCUT2D eigenvalue weighted by Crippen LogP contribution is -2.24. The molecule has 0 spiro atoms. The molecule has 0 amide bonds. The van der Waals surface area contributed by atoms with E-state index in [1.807, 2.05) is 25.3 Å². The Labute approximate surface area is 106 Å². The van der Waals surface area contributed by atoms with Crippen molar-refractivity contribution >= 4 is 0 Å². The third-order valence-corrected chi connectivity index (χ3v) is 2.85. The predicted octanol–water partition coefficient (Wildman–Crippen LogP) is 1.96. The number of aromatic nitrogens is 4. The Hall–Kier alpha value is -1.91. The lowest BCUT2D eigenvalue weighted by Gasteiger charge is -2.05. The summed E-state index contributed by atoms with van der Waals surface area (Å²) >= 11 is 0. The number of rotatable bonds is 4. The molecule has 0 aliphatic carbocycles. The molecule has 0 saturated carbocycles. The molecule has 0 bridgehead atoms. The number of hydrogen-bond donors (Lipinski definition) is 0. The molecular formula is C13H18N4O. The lowest BCUT2D eigenvalue weighted by atomic mass is 10.1. The van der Waals surface area contributed by atoms with E-state index in [0.717, 1.165) is 12.0 Å².